The number of benzene rings is 2. The van der Waals surface area contributed by atoms with Gasteiger partial charge in [-0.1, -0.05) is 18.2 Å². The van der Waals surface area contributed by atoms with Gasteiger partial charge in [0, 0.05) is 17.7 Å². The molecule has 1 aliphatic heterocycles. The molecule has 0 fully saturated rings. The Bertz CT molecular complexity index is 1050. The van der Waals surface area contributed by atoms with E-state index in [0.717, 1.165) is 0 Å². The van der Waals surface area contributed by atoms with Crippen LogP contribution < -0.4 is 10.1 Å². The van der Waals surface area contributed by atoms with Gasteiger partial charge in [0.1, 0.15) is 18.2 Å². The largest absolute Gasteiger partial charge is 0.487 e. The summed E-state index contributed by atoms with van der Waals surface area (Å²) >= 11 is 0. The Kier molecular flexibility index (Phi) is 7.25. The molecule has 1 atom stereocenters. The van der Waals surface area contributed by atoms with Crippen molar-refractivity contribution >= 4 is 17.8 Å². The normalized spacial score (nSPS) is 15.9. The highest BCUT2D eigenvalue weighted by Crippen LogP contribution is 2.33. The van der Waals surface area contributed by atoms with Crippen LogP contribution >= 0.6 is 0 Å². The number of ketones is 1. The van der Waals surface area contributed by atoms with E-state index in [1.54, 1.807) is 44.2 Å². The van der Waals surface area contributed by atoms with E-state index in [1.807, 2.05) is 0 Å². The van der Waals surface area contributed by atoms with Gasteiger partial charge >= 0.3 is 12.0 Å². The summed E-state index contributed by atoms with van der Waals surface area (Å²) in [6.07, 6.45) is 0. The zero-order chi connectivity index (χ0) is 23.3. The molecule has 168 valence electrons. The number of rotatable bonds is 8. The first-order chi connectivity index (χ1) is 15.4. The lowest BCUT2D eigenvalue weighted by molar-refractivity contribution is -0.139. The molecule has 0 radical (unpaired) electrons. The predicted molar refractivity (Wildman–Crippen MR) is 116 cm³/mol. The smallest absolute Gasteiger partial charge is 0.338 e. The molecule has 7 nitrogen and oxygen atoms in total. The molecule has 0 spiro atoms. The first-order valence-corrected chi connectivity index (χ1v) is 10.3. The molecule has 3 rings (SSSR count). The van der Waals surface area contributed by atoms with Crippen LogP contribution in [0.2, 0.25) is 0 Å². The predicted octanol–water partition coefficient (Wildman–Crippen LogP) is 4.01. The molecular formula is C24H25FN2O5. The van der Waals surface area contributed by atoms with E-state index in [9.17, 15) is 18.8 Å². The number of ether oxygens (including phenoxy) is 2. The highest BCUT2D eigenvalue weighted by molar-refractivity contribution is 5.95. The number of esters is 1. The maximum atomic E-state index is 14.6. The molecule has 0 saturated carbocycles. The fourth-order valence-corrected chi connectivity index (χ4v) is 3.52. The van der Waals surface area contributed by atoms with Gasteiger partial charge in [0.05, 0.1) is 23.9 Å². The van der Waals surface area contributed by atoms with Gasteiger partial charge in [0.2, 0.25) is 0 Å². The van der Waals surface area contributed by atoms with Crippen molar-refractivity contribution in [1.29, 1.82) is 0 Å². The zero-order valence-corrected chi connectivity index (χ0v) is 18.2. The third-order valence-corrected chi connectivity index (χ3v) is 5.10. The molecule has 32 heavy (non-hydrogen) atoms. The number of nitrogens with one attached hydrogen (secondary N) is 1. The summed E-state index contributed by atoms with van der Waals surface area (Å²) in [5.41, 5.74) is 1.09. The number of nitrogens with zero attached hydrogens (tertiary/aromatic N) is 1. The van der Waals surface area contributed by atoms with Gasteiger partial charge in [0.25, 0.3) is 0 Å². The summed E-state index contributed by atoms with van der Waals surface area (Å²) in [6, 6.07) is 11.0. The van der Waals surface area contributed by atoms with Crippen molar-refractivity contribution in [3.05, 3.63) is 76.7 Å². The van der Waals surface area contributed by atoms with Crippen LogP contribution in [0, 0.1) is 5.82 Å². The van der Waals surface area contributed by atoms with Gasteiger partial charge < -0.3 is 14.8 Å². The maximum Gasteiger partial charge on any atom is 0.338 e. The zero-order valence-electron chi connectivity index (χ0n) is 18.2. The van der Waals surface area contributed by atoms with Crippen LogP contribution in [0.5, 0.6) is 5.75 Å². The van der Waals surface area contributed by atoms with Crippen molar-refractivity contribution in [2.75, 3.05) is 19.8 Å². The van der Waals surface area contributed by atoms with Gasteiger partial charge in [-0.2, -0.15) is 0 Å². The highest BCUT2D eigenvalue weighted by Gasteiger charge is 2.39. The second-order valence-electron chi connectivity index (χ2n) is 7.10. The van der Waals surface area contributed by atoms with Crippen LogP contribution in [0.25, 0.3) is 0 Å². The molecule has 0 aliphatic carbocycles. The molecule has 1 unspecified atom stereocenters. The maximum absolute atomic E-state index is 14.6. The number of carbonyl (C=O) groups is 3. The minimum Gasteiger partial charge on any atom is -0.487 e. The Hall–Kier alpha value is -3.68. The number of amides is 2. The number of urea groups is 1. The number of likely N-dealkylation sites (N-methyl/N-ethyl adjacent to an activating group) is 1. The van der Waals surface area contributed by atoms with Crippen LogP contribution in [0.3, 0.4) is 0 Å². The third-order valence-electron chi connectivity index (χ3n) is 5.10. The second kappa shape index (κ2) is 10.1. The molecule has 2 amide bonds. The third kappa shape index (κ3) is 4.80. The van der Waals surface area contributed by atoms with Gasteiger partial charge in [-0.05, 0) is 51.1 Å². The summed E-state index contributed by atoms with van der Waals surface area (Å²) in [5, 5.41) is 2.71. The van der Waals surface area contributed by atoms with Crippen molar-refractivity contribution in [2.24, 2.45) is 0 Å². The van der Waals surface area contributed by atoms with E-state index in [-0.39, 0.29) is 36.7 Å². The van der Waals surface area contributed by atoms with Gasteiger partial charge in [-0.15, -0.1) is 0 Å². The lowest BCUT2D eigenvalue weighted by atomic mass is 9.94. The van der Waals surface area contributed by atoms with Crippen LogP contribution in [0.4, 0.5) is 9.18 Å². The van der Waals surface area contributed by atoms with Gasteiger partial charge in [-0.3, -0.25) is 9.69 Å². The Morgan fingerprint density at radius 1 is 1.09 bits per heavy atom. The van der Waals surface area contributed by atoms with E-state index in [2.05, 4.69) is 5.32 Å². The molecule has 1 aliphatic rings. The minimum absolute atomic E-state index is 0.0716. The fourth-order valence-electron chi connectivity index (χ4n) is 3.52. The van der Waals surface area contributed by atoms with Crippen LogP contribution in [0.1, 0.15) is 42.7 Å². The van der Waals surface area contributed by atoms with Crippen molar-refractivity contribution in [1.82, 2.24) is 10.2 Å². The summed E-state index contributed by atoms with van der Waals surface area (Å²) < 4.78 is 25.7. The first kappa shape index (κ1) is 23.0. The van der Waals surface area contributed by atoms with Crippen LogP contribution in [-0.2, 0) is 9.53 Å². The monoisotopic (exact) mass is 440 g/mol. The SMILES string of the molecule is CCOC(=O)C1=C(COc2ccc(C(C)=O)cc2)N(CC)C(=O)NC1c1ccccc1F. The quantitative estimate of drug-likeness (QED) is 0.495. The number of hydrogen-bond donors (Lipinski definition) is 1. The second-order valence-corrected chi connectivity index (χ2v) is 7.10. The Morgan fingerprint density at radius 2 is 1.78 bits per heavy atom. The molecule has 2 aromatic carbocycles. The fraction of sp³-hybridized carbons (Fsp3) is 0.292. The lowest BCUT2D eigenvalue weighted by Crippen LogP contribution is -2.49. The summed E-state index contributed by atoms with van der Waals surface area (Å²) in [4.78, 5) is 38.6. The average molecular weight is 440 g/mol. The van der Waals surface area contributed by atoms with Crippen molar-refractivity contribution < 1.29 is 28.2 Å². The number of Topliss-reactive ketones (excluding diaryl/α,β-unsaturated/α-hetero) is 1. The van der Waals surface area contributed by atoms with Crippen molar-refractivity contribution in [3.8, 4) is 5.75 Å². The van der Waals surface area contributed by atoms with Crippen molar-refractivity contribution in [2.45, 2.75) is 26.8 Å². The van der Waals surface area contributed by atoms with E-state index in [1.165, 1.54) is 30.0 Å². The first-order valence-electron chi connectivity index (χ1n) is 10.3. The summed E-state index contributed by atoms with van der Waals surface area (Å²) in [5.74, 6) is -0.831. The minimum atomic E-state index is -1.02. The van der Waals surface area contributed by atoms with Crippen molar-refractivity contribution in [3.63, 3.8) is 0 Å². The van der Waals surface area contributed by atoms with Crippen LogP contribution in [0.15, 0.2) is 59.8 Å². The Balaban J connectivity index is 2.04. The van der Waals surface area contributed by atoms with E-state index >= 15 is 0 Å². The molecule has 8 heteroatoms. The summed E-state index contributed by atoms with van der Waals surface area (Å²) in [7, 11) is 0. The molecular weight excluding hydrogens is 415 g/mol. The van der Waals surface area contributed by atoms with E-state index in [0.29, 0.717) is 17.0 Å². The molecule has 0 saturated heterocycles. The van der Waals surface area contributed by atoms with Crippen LogP contribution in [-0.4, -0.2) is 42.4 Å². The average Bonchev–Trinajstić information content (AvgIpc) is 2.78. The Morgan fingerprint density at radius 3 is 2.38 bits per heavy atom. The standard InChI is InChI=1S/C24H25FN2O5/c1-4-27-20(14-32-17-12-10-16(11-13-17)15(3)28)21(23(29)31-5-2)22(26-24(27)30)18-8-6-7-9-19(18)25/h6-13,22H,4-5,14H2,1-3H3,(H,26,30). The highest BCUT2D eigenvalue weighted by atomic mass is 19.1. The van der Waals surface area contributed by atoms with Gasteiger partial charge in [-0.25, -0.2) is 14.0 Å². The van der Waals surface area contributed by atoms with E-state index < -0.39 is 23.9 Å². The number of hydrogen-bond acceptors (Lipinski definition) is 5. The molecule has 2 aromatic rings. The number of carbonyl (C=O) groups excluding carboxylic acids is 3. The lowest BCUT2D eigenvalue weighted by Gasteiger charge is -2.36. The Labute approximate surface area is 185 Å². The molecule has 1 heterocycles. The molecule has 0 bridgehead atoms. The topological polar surface area (TPSA) is 84.9 Å². The van der Waals surface area contributed by atoms with E-state index in [4.69, 9.17) is 9.47 Å². The molecule has 0 aromatic heterocycles. The van der Waals surface area contributed by atoms with Gasteiger partial charge in [0.15, 0.2) is 5.78 Å². The number of halogens is 1. The molecule has 1 N–H and O–H groups in total. The summed E-state index contributed by atoms with van der Waals surface area (Å²) in [6.45, 7) is 5.15.